The Labute approximate surface area is 99.2 Å². The van der Waals surface area contributed by atoms with Crippen molar-refractivity contribution in [2.75, 3.05) is 11.9 Å². The first-order valence-corrected chi connectivity index (χ1v) is 6.36. The molecule has 1 aliphatic rings. The summed E-state index contributed by atoms with van der Waals surface area (Å²) in [6.07, 6.45) is 3.85. The number of hydrogen-bond acceptors (Lipinski definition) is 4. The first kappa shape index (κ1) is 11.5. The van der Waals surface area contributed by atoms with Gasteiger partial charge in [-0.3, -0.25) is 4.79 Å². The number of anilines is 1. The molecule has 88 valence electrons. The molecule has 1 N–H and O–H groups in total. The number of hydrogen-bond donors (Lipinski definition) is 1. The third-order valence-corrected chi connectivity index (χ3v) is 3.40. The Hall–Kier alpha value is -0.940. The van der Waals surface area contributed by atoms with Gasteiger partial charge in [-0.05, 0) is 43.8 Å². The summed E-state index contributed by atoms with van der Waals surface area (Å²) in [6.45, 7) is 2.76. The van der Waals surface area contributed by atoms with E-state index in [0.717, 1.165) is 36.6 Å². The van der Waals surface area contributed by atoms with Crippen molar-refractivity contribution in [2.24, 2.45) is 0 Å². The zero-order chi connectivity index (χ0) is 11.4. The minimum absolute atomic E-state index is 0.0548. The third-order valence-electron chi connectivity index (χ3n) is 2.61. The standard InChI is InChI=1S/C11H16N2O2S/c1-8-7-11(16-13-8)12-10(14)5-4-9-3-2-6-15-9/h7,9H,2-6H2,1H3,(H,12,14)/t9-/m0/s1. The molecule has 1 aromatic heterocycles. The highest BCUT2D eigenvalue weighted by molar-refractivity contribution is 7.10. The highest BCUT2D eigenvalue weighted by Gasteiger charge is 2.16. The maximum absolute atomic E-state index is 11.6. The molecule has 0 unspecified atom stereocenters. The molecule has 4 nitrogen and oxygen atoms in total. The molecule has 16 heavy (non-hydrogen) atoms. The summed E-state index contributed by atoms with van der Waals surface area (Å²) >= 11 is 1.32. The van der Waals surface area contributed by atoms with Crippen LogP contribution in [0, 0.1) is 6.92 Å². The van der Waals surface area contributed by atoms with E-state index in [9.17, 15) is 4.79 Å². The SMILES string of the molecule is Cc1cc(NC(=O)CC[C@@H]2CCCO2)sn1. The summed E-state index contributed by atoms with van der Waals surface area (Å²) in [5.41, 5.74) is 0.944. The van der Waals surface area contributed by atoms with Crippen molar-refractivity contribution >= 4 is 22.4 Å². The summed E-state index contributed by atoms with van der Waals surface area (Å²) in [4.78, 5) is 11.6. The van der Waals surface area contributed by atoms with E-state index in [2.05, 4.69) is 9.69 Å². The van der Waals surface area contributed by atoms with E-state index in [1.807, 2.05) is 13.0 Å². The van der Waals surface area contributed by atoms with Crippen LogP contribution in [-0.4, -0.2) is 23.0 Å². The summed E-state index contributed by atoms with van der Waals surface area (Å²) in [5, 5.41) is 3.68. The zero-order valence-electron chi connectivity index (χ0n) is 9.36. The van der Waals surface area contributed by atoms with E-state index in [1.165, 1.54) is 11.5 Å². The predicted octanol–water partition coefficient (Wildman–Crippen LogP) is 2.35. The molecule has 0 spiro atoms. The summed E-state index contributed by atoms with van der Waals surface area (Å²) in [7, 11) is 0. The lowest BCUT2D eigenvalue weighted by Gasteiger charge is -2.08. The molecule has 0 bridgehead atoms. The van der Waals surface area contributed by atoms with E-state index in [4.69, 9.17) is 4.74 Å². The molecule has 5 heteroatoms. The van der Waals surface area contributed by atoms with Crippen molar-refractivity contribution in [3.05, 3.63) is 11.8 Å². The minimum atomic E-state index is 0.0548. The Bertz CT molecular complexity index is 359. The Morgan fingerprint density at radius 1 is 1.75 bits per heavy atom. The van der Waals surface area contributed by atoms with E-state index in [0.29, 0.717) is 6.42 Å². The normalized spacial score (nSPS) is 19.9. The molecule has 2 heterocycles. The van der Waals surface area contributed by atoms with Crippen molar-refractivity contribution in [2.45, 2.75) is 38.7 Å². The number of nitrogens with zero attached hydrogens (tertiary/aromatic N) is 1. The third kappa shape index (κ3) is 3.28. The largest absolute Gasteiger partial charge is 0.378 e. The van der Waals surface area contributed by atoms with Gasteiger partial charge in [-0.25, -0.2) is 0 Å². The van der Waals surface area contributed by atoms with Gasteiger partial charge in [0.2, 0.25) is 5.91 Å². The maximum Gasteiger partial charge on any atom is 0.225 e. The van der Waals surface area contributed by atoms with Crippen LogP contribution in [0.3, 0.4) is 0 Å². The molecule has 1 amide bonds. The molecule has 1 aliphatic heterocycles. The van der Waals surface area contributed by atoms with Gasteiger partial charge in [0.05, 0.1) is 11.8 Å². The minimum Gasteiger partial charge on any atom is -0.378 e. The fraction of sp³-hybridized carbons (Fsp3) is 0.636. The number of aromatic nitrogens is 1. The highest BCUT2D eigenvalue weighted by Crippen LogP contribution is 2.19. The van der Waals surface area contributed by atoms with Crippen LogP contribution in [0.25, 0.3) is 0 Å². The van der Waals surface area contributed by atoms with Crippen LogP contribution in [0.15, 0.2) is 6.07 Å². The Morgan fingerprint density at radius 2 is 2.62 bits per heavy atom. The number of carbonyl (C=O) groups is 1. The van der Waals surface area contributed by atoms with Gasteiger partial charge in [0.1, 0.15) is 5.00 Å². The van der Waals surface area contributed by atoms with Crippen LogP contribution < -0.4 is 5.32 Å². The van der Waals surface area contributed by atoms with Crippen LogP contribution >= 0.6 is 11.5 Å². The topological polar surface area (TPSA) is 51.2 Å². The molecule has 2 rings (SSSR count). The van der Waals surface area contributed by atoms with Crippen molar-refractivity contribution < 1.29 is 9.53 Å². The van der Waals surface area contributed by atoms with Crippen molar-refractivity contribution in [1.29, 1.82) is 0 Å². The van der Waals surface area contributed by atoms with Gasteiger partial charge < -0.3 is 10.1 Å². The number of aryl methyl sites for hydroxylation is 1. The second-order valence-corrected chi connectivity index (χ2v) is 4.86. The molecule has 1 saturated heterocycles. The lowest BCUT2D eigenvalue weighted by Crippen LogP contribution is -2.14. The van der Waals surface area contributed by atoms with E-state index in [1.54, 1.807) is 0 Å². The second-order valence-electron chi connectivity index (χ2n) is 4.05. The van der Waals surface area contributed by atoms with Crippen LogP contribution in [0.2, 0.25) is 0 Å². The van der Waals surface area contributed by atoms with Crippen molar-refractivity contribution in [1.82, 2.24) is 4.37 Å². The van der Waals surface area contributed by atoms with Crippen molar-refractivity contribution in [3.63, 3.8) is 0 Å². The van der Waals surface area contributed by atoms with Gasteiger partial charge in [0, 0.05) is 13.0 Å². The summed E-state index contributed by atoms with van der Waals surface area (Å²) in [5.74, 6) is 0.0548. The maximum atomic E-state index is 11.6. The fourth-order valence-electron chi connectivity index (χ4n) is 1.79. The number of amides is 1. The number of rotatable bonds is 4. The number of carbonyl (C=O) groups excluding carboxylic acids is 1. The van der Waals surface area contributed by atoms with Gasteiger partial charge in [-0.1, -0.05) is 0 Å². The van der Waals surface area contributed by atoms with E-state index < -0.39 is 0 Å². The Kier molecular flexibility index (Phi) is 3.90. The molecule has 1 aromatic rings. The first-order valence-electron chi connectivity index (χ1n) is 5.59. The Morgan fingerprint density at radius 3 is 3.25 bits per heavy atom. The van der Waals surface area contributed by atoms with Gasteiger partial charge in [0.15, 0.2) is 0 Å². The quantitative estimate of drug-likeness (QED) is 0.879. The second kappa shape index (κ2) is 5.41. The average Bonchev–Trinajstić information content (AvgIpc) is 2.87. The van der Waals surface area contributed by atoms with Crippen LogP contribution in [0.4, 0.5) is 5.00 Å². The molecule has 1 atom stereocenters. The summed E-state index contributed by atoms with van der Waals surface area (Å²) < 4.78 is 9.58. The Balaban J connectivity index is 1.71. The molecule has 0 aromatic carbocycles. The molecule has 0 saturated carbocycles. The van der Waals surface area contributed by atoms with E-state index >= 15 is 0 Å². The molecular weight excluding hydrogens is 224 g/mol. The molecular formula is C11H16N2O2S. The van der Waals surface area contributed by atoms with Gasteiger partial charge >= 0.3 is 0 Å². The fourth-order valence-corrected chi connectivity index (χ4v) is 2.46. The number of nitrogens with one attached hydrogen (secondary N) is 1. The lowest BCUT2D eigenvalue weighted by molar-refractivity contribution is -0.116. The average molecular weight is 240 g/mol. The molecule has 1 fully saturated rings. The predicted molar refractivity (Wildman–Crippen MR) is 63.7 cm³/mol. The smallest absolute Gasteiger partial charge is 0.225 e. The highest BCUT2D eigenvalue weighted by atomic mass is 32.1. The first-order chi connectivity index (χ1) is 7.74. The monoisotopic (exact) mass is 240 g/mol. The molecule has 0 radical (unpaired) electrons. The van der Waals surface area contributed by atoms with E-state index in [-0.39, 0.29) is 12.0 Å². The van der Waals surface area contributed by atoms with Gasteiger partial charge in [-0.2, -0.15) is 4.37 Å². The summed E-state index contributed by atoms with van der Waals surface area (Å²) in [6, 6.07) is 1.88. The molecule has 0 aliphatic carbocycles. The van der Waals surface area contributed by atoms with Gasteiger partial charge in [-0.15, -0.1) is 0 Å². The van der Waals surface area contributed by atoms with Crippen LogP contribution in [0.5, 0.6) is 0 Å². The van der Waals surface area contributed by atoms with Crippen molar-refractivity contribution in [3.8, 4) is 0 Å². The van der Waals surface area contributed by atoms with Crippen LogP contribution in [-0.2, 0) is 9.53 Å². The zero-order valence-corrected chi connectivity index (χ0v) is 10.2. The van der Waals surface area contributed by atoms with Crippen LogP contribution in [0.1, 0.15) is 31.4 Å². The van der Waals surface area contributed by atoms with Gasteiger partial charge in [0.25, 0.3) is 0 Å². The number of ether oxygens (including phenoxy) is 1. The lowest BCUT2D eigenvalue weighted by atomic mass is 10.1.